The highest BCUT2D eigenvalue weighted by Crippen LogP contribution is 1.99. The number of nitrogens with zero attached hydrogens (tertiary/aromatic N) is 1. The van der Waals surface area contributed by atoms with Crippen molar-refractivity contribution in [3.05, 3.63) is 0 Å². The van der Waals surface area contributed by atoms with E-state index in [1.807, 2.05) is 13.8 Å². The summed E-state index contributed by atoms with van der Waals surface area (Å²) < 4.78 is 5.19. The fourth-order valence-corrected chi connectivity index (χ4v) is 1.84. The molecule has 6 nitrogen and oxygen atoms in total. The van der Waals surface area contributed by atoms with Gasteiger partial charge >= 0.3 is 0 Å². The van der Waals surface area contributed by atoms with Crippen LogP contribution in [-0.2, 0) is 14.3 Å². The molecule has 1 fully saturated rings. The largest absolute Gasteiger partial charge is 0.378 e. The number of morpholine rings is 1. The smallest absolute Gasteiger partial charge is 0.224 e. The van der Waals surface area contributed by atoms with E-state index in [2.05, 4.69) is 10.6 Å². The van der Waals surface area contributed by atoms with E-state index in [0.29, 0.717) is 58.3 Å². The van der Waals surface area contributed by atoms with Crippen LogP contribution in [0.1, 0.15) is 26.7 Å². The Bertz CT molecular complexity index is 289. The molecule has 0 saturated carbocycles. The molecule has 1 aliphatic rings. The van der Waals surface area contributed by atoms with Gasteiger partial charge in [-0.2, -0.15) is 0 Å². The molecule has 1 aliphatic heterocycles. The number of amides is 2. The summed E-state index contributed by atoms with van der Waals surface area (Å²) in [6.07, 6.45) is 0.813. The fourth-order valence-electron chi connectivity index (χ4n) is 1.84. The second kappa shape index (κ2) is 8.87. The molecule has 0 aromatic rings. The molecule has 2 amide bonds. The minimum atomic E-state index is -0.0112. The first-order valence-electron chi connectivity index (χ1n) is 6.95. The molecule has 0 bridgehead atoms. The van der Waals surface area contributed by atoms with Gasteiger partial charge in [0, 0.05) is 45.1 Å². The lowest BCUT2D eigenvalue weighted by molar-refractivity contribution is -0.135. The number of rotatable bonds is 7. The van der Waals surface area contributed by atoms with Gasteiger partial charge in [-0.15, -0.1) is 0 Å². The van der Waals surface area contributed by atoms with E-state index >= 15 is 0 Å². The van der Waals surface area contributed by atoms with Crippen LogP contribution in [0.5, 0.6) is 0 Å². The summed E-state index contributed by atoms with van der Waals surface area (Å²) >= 11 is 0. The van der Waals surface area contributed by atoms with Crippen LogP contribution in [-0.4, -0.2) is 62.1 Å². The second-order valence-corrected chi connectivity index (χ2v) is 4.95. The van der Waals surface area contributed by atoms with Gasteiger partial charge in [0.1, 0.15) is 0 Å². The lowest BCUT2D eigenvalue weighted by Crippen LogP contribution is -2.42. The fraction of sp³-hybridized carbons (Fsp3) is 0.846. The molecule has 1 saturated heterocycles. The third kappa shape index (κ3) is 7.12. The van der Waals surface area contributed by atoms with Crippen molar-refractivity contribution < 1.29 is 14.3 Å². The summed E-state index contributed by atoms with van der Waals surface area (Å²) in [5.74, 6) is 0.0758. The first-order chi connectivity index (χ1) is 9.09. The number of carbonyl (C=O) groups excluding carboxylic acids is 2. The second-order valence-electron chi connectivity index (χ2n) is 4.95. The highest BCUT2D eigenvalue weighted by atomic mass is 16.5. The van der Waals surface area contributed by atoms with Gasteiger partial charge < -0.3 is 20.3 Å². The van der Waals surface area contributed by atoms with Gasteiger partial charge in [-0.1, -0.05) is 13.8 Å². The maximum Gasteiger partial charge on any atom is 0.224 e. The van der Waals surface area contributed by atoms with E-state index in [1.54, 1.807) is 4.90 Å². The Kier molecular flexibility index (Phi) is 7.43. The van der Waals surface area contributed by atoms with Gasteiger partial charge in [-0.25, -0.2) is 0 Å². The standard InChI is InChI=1S/C13H25N3O3/c1-11(2)14-5-3-12(17)15-6-4-13(18)16-7-9-19-10-8-16/h11,14H,3-10H2,1-2H3,(H,15,17). The third-order valence-electron chi connectivity index (χ3n) is 2.93. The van der Waals surface area contributed by atoms with Crippen LogP contribution in [0.4, 0.5) is 0 Å². The minimum absolute atomic E-state index is 0.0112. The van der Waals surface area contributed by atoms with E-state index in [1.165, 1.54) is 0 Å². The maximum atomic E-state index is 11.8. The number of nitrogens with one attached hydrogen (secondary N) is 2. The molecule has 1 rings (SSSR count). The quantitative estimate of drug-likeness (QED) is 0.669. The molecular weight excluding hydrogens is 246 g/mol. The van der Waals surface area contributed by atoms with Gasteiger partial charge in [-0.3, -0.25) is 9.59 Å². The average molecular weight is 271 g/mol. The molecule has 2 N–H and O–H groups in total. The molecule has 0 aliphatic carbocycles. The minimum Gasteiger partial charge on any atom is -0.378 e. The molecule has 19 heavy (non-hydrogen) atoms. The van der Waals surface area contributed by atoms with Crippen molar-refractivity contribution in [2.75, 3.05) is 39.4 Å². The number of ether oxygens (including phenoxy) is 1. The van der Waals surface area contributed by atoms with Crippen LogP contribution in [0.3, 0.4) is 0 Å². The maximum absolute atomic E-state index is 11.8. The van der Waals surface area contributed by atoms with Crippen molar-refractivity contribution in [3.63, 3.8) is 0 Å². The molecule has 0 aromatic carbocycles. The summed E-state index contributed by atoms with van der Waals surface area (Å²) in [6.45, 7) is 7.70. The van der Waals surface area contributed by atoms with Gasteiger partial charge in [0.25, 0.3) is 0 Å². The predicted molar refractivity (Wildman–Crippen MR) is 72.8 cm³/mol. The first kappa shape index (κ1) is 15.9. The number of hydrogen-bond acceptors (Lipinski definition) is 4. The Labute approximate surface area is 114 Å². The summed E-state index contributed by atoms with van der Waals surface area (Å²) in [6, 6.07) is 0.385. The third-order valence-corrected chi connectivity index (χ3v) is 2.93. The normalized spacial score (nSPS) is 15.6. The highest BCUT2D eigenvalue weighted by molar-refractivity contribution is 5.79. The SMILES string of the molecule is CC(C)NCCC(=O)NCCC(=O)N1CCOCC1. The molecule has 0 radical (unpaired) electrons. The van der Waals surface area contributed by atoms with Gasteiger partial charge in [0.2, 0.25) is 11.8 Å². The van der Waals surface area contributed by atoms with Gasteiger partial charge in [-0.05, 0) is 0 Å². The molecule has 0 unspecified atom stereocenters. The van der Waals surface area contributed by atoms with Gasteiger partial charge in [0.05, 0.1) is 13.2 Å². The van der Waals surface area contributed by atoms with Crippen LogP contribution >= 0.6 is 0 Å². The summed E-state index contributed by atoms with van der Waals surface area (Å²) in [5.41, 5.74) is 0. The van der Waals surface area contributed by atoms with E-state index in [9.17, 15) is 9.59 Å². The zero-order chi connectivity index (χ0) is 14.1. The molecular formula is C13H25N3O3. The average Bonchev–Trinajstić information content (AvgIpc) is 2.39. The molecule has 6 heteroatoms. The van der Waals surface area contributed by atoms with Crippen LogP contribution < -0.4 is 10.6 Å². The van der Waals surface area contributed by atoms with Crippen molar-refractivity contribution >= 4 is 11.8 Å². The van der Waals surface area contributed by atoms with Crippen molar-refractivity contribution in [1.82, 2.24) is 15.5 Å². The summed E-state index contributed by atoms with van der Waals surface area (Å²) in [7, 11) is 0. The summed E-state index contributed by atoms with van der Waals surface area (Å²) in [4.78, 5) is 25.1. The molecule has 110 valence electrons. The van der Waals surface area contributed by atoms with Crippen LogP contribution in [0.2, 0.25) is 0 Å². The topological polar surface area (TPSA) is 70.7 Å². The lowest BCUT2D eigenvalue weighted by atomic mass is 10.3. The zero-order valence-electron chi connectivity index (χ0n) is 11.9. The van der Waals surface area contributed by atoms with Gasteiger partial charge in [0.15, 0.2) is 0 Å². The van der Waals surface area contributed by atoms with Crippen molar-refractivity contribution in [2.45, 2.75) is 32.7 Å². The van der Waals surface area contributed by atoms with Crippen LogP contribution in [0, 0.1) is 0 Å². The van der Waals surface area contributed by atoms with Crippen LogP contribution in [0.15, 0.2) is 0 Å². The van der Waals surface area contributed by atoms with E-state index in [-0.39, 0.29) is 11.8 Å². The zero-order valence-corrected chi connectivity index (χ0v) is 11.9. The van der Waals surface area contributed by atoms with Crippen molar-refractivity contribution in [1.29, 1.82) is 0 Å². The number of carbonyl (C=O) groups is 2. The Balaban J connectivity index is 2.05. The predicted octanol–water partition coefficient (Wildman–Crippen LogP) is -0.260. The molecule has 0 spiro atoms. The Morgan fingerprint density at radius 1 is 1.16 bits per heavy atom. The molecule has 1 heterocycles. The summed E-state index contributed by atoms with van der Waals surface area (Å²) in [5, 5.41) is 5.95. The molecule has 0 aromatic heterocycles. The Hall–Kier alpha value is -1.14. The monoisotopic (exact) mass is 271 g/mol. The Morgan fingerprint density at radius 3 is 2.47 bits per heavy atom. The van der Waals surface area contributed by atoms with Crippen molar-refractivity contribution in [3.8, 4) is 0 Å². The van der Waals surface area contributed by atoms with E-state index in [0.717, 1.165) is 0 Å². The highest BCUT2D eigenvalue weighted by Gasteiger charge is 2.16. The number of hydrogen-bond donors (Lipinski definition) is 2. The molecule has 0 atom stereocenters. The van der Waals surface area contributed by atoms with Crippen molar-refractivity contribution in [2.24, 2.45) is 0 Å². The van der Waals surface area contributed by atoms with E-state index in [4.69, 9.17) is 4.74 Å². The van der Waals surface area contributed by atoms with Crippen LogP contribution in [0.25, 0.3) is 0 Å². The lowest BCUT2D eigenvalue weighted by Gasteiger charge is -2.26. The first-order valence-corrected chi connectivity index (χ1v) is 6.95. The Morgan fingerprint density at radius 2 is 1.84 bits per heavy atom. The van der Waals surface area contributed by atoms with E-state index < -0.39 is 0 Å².